The number of benzene rings is 2. The van der Waals surface area contributed by atoms with Crippen molar-refractivity contribution in [2.45, 2.75) is 39.8 Å². The van der Waals surface area contributed by atoms with E-state index in [9.17, 15) is 0 Å². The van der Waals surface area contributed by atoms with Crippen LogP contribution in [-0.2, 0) is 13.1 Å². The summed E-state index contributed by atoms with van der Waals surface area (Å²) in [4.78, 5) is 0. The molecule has 0 saturated carbocycles. The zero-order chi connectivity index (χ0) is 16.5. The molecule has 23 heavy (non-hydrogen) atoms. The minimum Gasteiger partial charge on any atom is -0.493 e. The lowest BCUT2D eigenvalue weighted by molar-refractivity contribution is 0.284. The third-order valence-electron chi connectivity index (χ3n) is 3.79. The van der Waals surface area contributed by atoms with E-state index in [0.29, 0.717) is 0 Å². The highest BCUT2D eigenvalue weighted by Gasteiger charge is 2.10. The molecule has 0 radical (unpaired) electrons. The van der Waals surface area contributed by atoms with Crippen molar-refractivity contribution in [3.8, 4) is 11.5 Å². The lowest BCUT2D eigenvalue weighted by Gasteiger charge is -2.15. The average Bonchev–Trinajstić information content (AvgIpc) is 2.58. The molecule has 0 aliphatic rings. The summed E-state index contributed by atoms with van der Waals surface area (Å²) < 4.78 is 11.4. The van der Waals surface area contributed by atoms with Gasteiger partial charge in [-0.3, -0.25) is 0 Å². The summed E-state index contributed by atoms with van der Waals surface area (Å²) in [6.45, 7) is 6.59. The summed E-state index contributed by atoms with van der Waals surface area (Å²) >= 11 is 0. The zero-order valence-electron chi connectivity index (χ0n) is 14.4. The van der Waals surface area contributed by atoms with E-state index >= 15 is 0 Å². The van der Waals surface area contributed by atoms with Crippen LogP contribution < -0.4 is 14.8 Å². The fourth-order valence-corrected chi connectivity index (χ4v) is 2.39. The molecule has 0 fully saturated rings. The number of rotatable bonds is 9. The summed E-state index contributed by atoms with van der Waals surface area (Å²) in [6.07, 6.45) is 2.17. The smallest absolute Gasteiger partial charge is 0.165 e. The second kappa shape index (κ2) is 9.21. The molecule has 0 heterocycles. The van der Waals surface area contributed by atoms with Gasteiger partial charge in [0.15, 0.2) is 11.5 Å². The fraction of sp³-hybridized carbons (Fsp3) is 0.400. The second-order valence-electron chi connectivity index (χ2n) is 5.74. The van der Waals surface area contributed by atoms with Gasteiger partial charge in [0.05, 0.1) is 13.7 Å². The largest absolute Gasteiger partial charge is 0.493 e. The van der Waals surface area contributed by atoms with Crippen LogP contribution in [0, 0.1) is 6.92 Å². The highest BCUT2D eigenvalue weighted by Crippen LogP contribution is 2.31. The van der Waals surface area contributed by atoms with Gasteiger partial charge in [-0.2, -0.15) is 0 Å². The molecule has 2 aromatic carbocycles. The van der Waals surface area contributed by atoms with E-state index in [1.165, 1.54) is 11.1 Å². The number of ether oxygens (including phenoxy) is 2. The molecular formula is C20H27NO2. The molecular weight excluding hydrogens is 286 g/mol. The molecule has 124 valence electrons. The van der Waals surface area contributed by atoms with Crippen LogP contribution in [0.2, 0.25) is 0 Å². The van der Waals surface area contributed by atoms with Gasteiger partial charge in [-0.1, -0.05) is 55.3 Å². The third kappa shape index (κ3) is 5.29. The van der Waals surface area contributed by atoms with Gasteiger partial charge in [0, 0.05) is 18.7 Å². The molecule has 0 atom stereocenters. The number of unbranched alkanes of at least 4 members (excludes halogenated alkanes) is 1. The molecule has 0 bridgehead atoms. The molecule has 1 N–H and O–H groups in total. The fourth-order valence-electron chi connectivity index (χ4n) is 2.39. The number of methoxy groups -OCH3 is 1. The molecule has 0 unspecified atom stereocenters. The van der Waals surface area contributed by atoms with Gasteiger partial charge in [0.2, 0.25) is 0 Å². The third-order valence-corrected chi connectivity index (χ3v) is 3.79. The Morgan fingerprint density at radius 1 is 1.00 bits per heavy atom. The highest BCUT2D eigenvalue weighted by molar-refractivity contribution is 5.46. The van der Waals surface area contributed by atoms with Gasteiger partial charge in [-0.25, -0.2) is 0 Å². The van der Waals surface area contributed by atoms with Gasteiger partial charge in [-0.05, 0) is 25.0 Å². The van der Waals surface area contributed by atoms with Crippen molar-refractivity contribution in [2.24, 2.45) is 0 Å². The van der Waals surface area contributed by atoms with E-state index in [0.717, 1.165) is 49.6 Å². The zero-order valence-corrected chi connectivity index (χ0v) is 14.4. The maximum Gasteiger partial charge on any atom is 0.165 e. The molecule has 3 nitrogen and oxygen atoms in total. The SMILES string of the molecule is CCCCOc1c(CNCc2ccc(C)cc2)cccc1OC. The summed E-state index contributed by atoms with van der Waals surface area (Å²) in [5.41, 5.74) is 3.70. The molecule has 3 heteroatoms. The van der Waals surface area contributed by atoms with E-state index in [2.05, 4.69) is 49.5 Å². The van der Waals surface area contributed by atoms with Gasteiger partial charge in [0.25, 0.3) is 0 Å². The Bertz CT molecular complexity index is 593. The van der Waals surface area contributed by atoms with Crippen molar-refractivity contribution in [3.05, 3.63) is 59.2 Å². The number of aryl methyl sites for hydroxylation is 1. The summed E-state index contributed by atoms with van der Waals surface area (Å²) in [6, 6.07) is 14.6. The van der Waals surface area contributed by atoms with Crippen molar-refractivity contribution in [1.29, 1.82) is 0 Å². The second-order valence-corrected chi connectivity index (χ2v) is 5.74. The minimum atomic E-state index is 0.724. The van der Waals surface area contributed by atoms with E-state index in [-0.39, 0.29) is 0 Å². The Kier molecular flexibility index (Phi) is 6.95. The first-order valence-corrected chi connectivity index (χ1v) is 8.29. The first-order chi connectivity index (χ1) is 11.2. The number of nitrogens with one attached hydrogen (secondary N) is 1. The summed E-state index contributed by atoms with van der Waals surface area (Å²) in [7, 11) is 1.69. The Balaban J connectivity index is 1.98. The number of hydrogen-bond donors (Lipinski definition) is 1. The van der Waals surface area contributed by atoms with Crippen LogP contribution in [0.3, 0.4) is 0 Å². The molecule has 2 rings (SSSR count). The van der Waals surface area contributed by atoms with Crippen LogP contribution in [-0.4, -0.2) is 13.7 Å². The van der Waals surface area contributed by atoms with Crippen molar-refractivity contribution < 1.29 is 9.47 Å². The monoisotopic (exact) mass is 313 g/mol. The van der Waals surface area contributed by atoms with Gasteiger partial charge in [-0.15, -0.1) is 0 Å². The minimum absolute atomic E-state index is 0.724. The maximum atomic E-state index is 5.95. The van der Waals surface area contributed by atoms with Crippen molar-refractivity contribution in [1.82, 2.24) is 5.32 Å². The number of para-hydroxylation sites is 1. The first kappa shape index (κ1) is 17.4. The van der Waals surface area contributed by atoms with E-state index in [1.807, 2.05) is 12.1 Å². The molecule has 0 amide bonds. The van der Waals surface area contributed by atoms with Gasteiger partial charge in [0.1, 0.15) is 0 Å². The molecule has 0 saturated heterocycles. The lowest BCUT2D eigenvalue weighted by Crippen LogP contribution is -2.14. The predicted octanol–water partition coefficient (Wildman–Crippen LogP) is 4.47. The van der Waals surface area contributed by atoms with Crippen LogP contribution >= 0.6 is 0 Å². The molecule has 0 aromatic heterocycles. The predicted molar refractivity (Wildman–Crippen MR) is 95.1 cm³/mol. The molecule has 0 aliphatic carbocycles. The summed E-state index contributed by atoms with van der Waals surface area (Å²) in [5, 5.41) is 3.48. The van der Waals surface area contributed by atoms with Gasteiger partial charge < -0.3 is 14.8 Å². The Morgan fingerprint density at radius 3 is 2.48 bits per heavy atom. The van der Waals surface area contributed by atoms with Crippen LogP contribution in [0.25, 0.3) is 0 Å². The van der Waals surface area contributed by atoms with Crippen LogP contribution in [0.15, 0.2) is 42.5 Å². The van der Waals surface area contributed by atoms with Crippen molar-refractivity contribution >= 4 is 0 Å². The van der Waals surface area contributed by atoms with Crippen molar-refractivity contribution in [3.63, 3.8) is 0 Å². The number of hydrogen-bond acceptors (Lipinski definition) is 3. The first-order valence-electron chi connectivity index (χ1n) is 8.29. The standard InChI is InChI=1S/C20H27NO2/c1-4-5-13-23-20-18(7-6-8-19(20)22-3)15-21-14-17-11-9-16(2)10-12-17/h6-12,21H,4-5,13-15H2,1-3H3. The van der Waals surface area contributed by atoms with Crippen LogP contribution in [0.5, 0.6) is 11.5 Å². The van der Waals surface area contributed by atoms with E-state index < -0.39 is 0 Å². The normalized spacial score (nSPS) is 10.6. The van der Waals surface area contributed by atoms with E-state index in [4.69, 9.17) is 9.47 Å². The summed E-state index contributed by atoms with van der Waals surface area (Å²) in [5.74, 6) is 1.66. The lowest BCUT2D eigenvalue weighted by atomic mass is 10.1. The average molecular weight is 313 g/mol. The maximum absolute atomic E-state index is 5.95. The molecule has 0 aliphatic heterocycles. The van der Waals surface area contributed by atoms with Gasteiger partial charge >= 0.3 is 0 Å². The Hall–Kier alpha value is -2.00. The topological polar surface area (TPSA) is 30.5 Å². The quantitative estimate of drug-likeness (QED) is 0.693. The van der Waals surface area contributed by atoms with E-state index in [1.54, 1.807) is 7.11 Å². The van der Waals surface area contributed by atoms with Crippen molar-refractivity contribution in [2.75, 3.05) is 13.7 Å². The molecule has 2 aromatic rings. The molecule has 0 spiro atoms. The van der Waals surface area contributed by atoms with Crippen LogP contribution in [0.1, 0.15) is 36.5 Å². The highest BCUT2D eigenvalue weighted by atomic mass is 16.5. The Morgan fingerprint density at radius 2 is 1.78 bits per heavy atom. The van der Waals surface area contributed by atoms with Crippen LogP contribution in [0.4, 0.5) is 0 Å². The Labute approximate surface area is 139 Å².